The first-order valence-corrected chi connectivity index (χ1v) is 5.17. The molecule has 2 aromatic rings. The minimum Gasteiger partial charge on any atom is -0.232 e. The zero-order chi connectivity index (χ0) is 15.8. The Bertz CT molecular complexity index is 658. The van der Waals surface area contributed by atoms with Gasteiger partial charge in [0.25, 0.3) is 0 Å². The molecule has 2 rings (SSSR count). The molecule has 0 unspecified atom stereocenters. The third kappa shape index (κ3) is 3.01. The maximum Gasteiger partial charge on any atom is 0.435 e. The number of nitrogens with zero attached hydrogens (tertiary/aromatic N) is 4. The molecule has 0 bridgehead atoms. The van der Waals surface area contributed by atoms with E-state index in [4.69, 9.17) is 0 Å². The number of nitroso groups, excluding NO2 is 1. The fourth-order valence-corrected chi connectivity index (χ4v) is 1.48. The number of aromatic nitrogens is 3. The van der Waals surface area contributed by atoms with Gasteiger partial charge in [-0.25, -0.2) is 9.67 Å². The van der Waals surface area contributed by atoms with Crippen LogP contribution in [-0.2, 0) is 12.4 Å². The summed E-state index contributed by atoms with van der Waals surface area (Å²) in [5, 5.41) is 5.32. The molecule has 2 heterocycles. The van der Waals surface area contributed by atoms with Gasteiger partial charge in [0.1, 0.15) is 5.69 Å². The molecular weight excluding hydrogens is 306 g/mol. The Kier molecular flexibility index (Phi) is 3.43. The summed E-state index contributed by atoms with van der Waals surface area (Å²) < 4.78 is 75.8. The van der Waals surface area contributed by atoms with Gasteiger partial charge in [0.15, 0.2) is 11.5 Å². The van der Waals surface area contributed by atoms with Crippen LogP contribution in [0.2, 0.25) is 0 Å². The van der Waals surface area contributed by atoms with Crippen molar-refractivity contribution in [1.29, 1.82) is 0 Å². The van der Waals surface area contributed by atoms with E-state index in [2.05, 4.69) is 15.3 Å². The molecule has 0 aliphatic heterocycles. The Morgan fingerprint density at radius 3 is 2.14 bits per heavy atom. The maximum absolute atomic E-state index is 12.8. The summed E-state index contributed by atoms with van der Waals surface area (Å²) in [6.45, 7) is 0. The summed E-state index contributed by atoms with van der Waals surface area (Å²) in [7, 11) is 0. The van der Waals surface area contributed by atoms with Gasteiger partial charge in [-0.15, -0.1) is 4.91 Å². The second-order valence-electron chi connectivity index (χ2n) is 3.79. The maximum atomic E-state index is 12.8. The minimum absolute atomic E-state index is 0.0599. The van der Waals surface area contributed by atoms with Crippen LogP contribution < -0.4 is 0 Å². The van der Waals surface area contributed by atoms with Gasteiger partial charge >= 0.3 is 12.4 Å². The smallest absolute Gasteiger partial charge is 0.232 e. The normalized spacial score (nSPS) is 12.5. The summed E-state index contributed by atoms with van der Waals surface area (Å²) in [6, 6.07) is 1.80. The molecule has 0 N–H and O–H groups in total. The number of hydrogen-bond donors (Lipinski definition) is 0. The summed E-state index contributed by atoms with van der Waals surface area (Å²) in [6.07, 6.45) is -9.31. The van der Waals surface area contributed by atoms with E-state index in [1.165, 1.54) is 0 Å². The lowest BCUT2D eigenvalue weighted by molar-refractivity contribution is -0.143. The minimum atomic E-state index is -5.04. The highest BCUT2D eigenvalue weighted by Crippen LogP contribution is 2.36. The molecule has 0 aliphatic carbocycles. The first-order valence-electron chi connectivity index (χ1n) is 5.17. The van der Waals surface area contributed by atoms with Crippen LogP contribution in [0.15, 0.2) is 29.6 Å². The average Bonchev–Trinajstić information content (AvgIpc) is 2.83. The largest absolute Gasteiger partial charge is 0.435 e. The predicted molar refractivity (Wildman–Crippen MR) is 56.8 cm³/mol. The number of pyridine rings is 1. The van der Waals surface area contributed by atoms with Crippen molar-refractivity contribution in [3.63, 3.8) is 0 Å². The van der Waals surface area contributed by atoms with Gasteiger partial charge in [0.2, 0.25) is 0 Å². The van der Waals surface area contributed by atoms with Gasteiger partial charge < -0.3 is 0 Å². The second kappa shape index (κ2) is 4.82. The van der Waals surface area contributed by atoms with Gasteiger partial charge in [-0.05, 0) is 17.3 Å². The van der Waals surface area contributed by atoms with E-state index < -0.39 is 23.7 Å². The van der Waals surface area contributed by atoms with Crippen molar-refractivity contribution < 1.29 is 26.3 Å². The Morgan fingerprint density at radius 2 is 1.71 bits per heavy atom. The number of rotatable bonds is 2. The van der Waals surface area contributed by atoms with Gasteiger partial charge in [-0.1, -0.05) is 0 Å². The van der Waals surface area contributed by atoms with Crippen LogP contribution in [0.4, 0.5) is 32.2 Å². The molecule has 0 radical (unpaired) electrons. The summed E-state index contributed by atoms with van der Waals surface area (Å²) in [5.41, 5.74) is -3.68. The van der Waals surface area contributed by atoms with Crippen LogP contribution >= 0.6 is 0 Å². The van der Waals surface area contributed by atoms with Gasteiger partial charge in [-0.3, -0.25) is 0 Å². The van der Waals surface area contributed by atoms with E-state index in [0.29, 0.717) is 0 Å². The second-order valence-corrected chi connectivity index (χ2v) is 3.79. The lowest BCUT2D eigenvalue weighted by Gasteiger charge is -2.09. The molecule has 0 aromatic carbocycles. The third-order valence-electron chi connectivity index (χ3n) is 2.36. The van der Waals surface area contributed by atoms with E-state index in [-0.39, 0.29) is 22.3 Å². The third-order valence-corrected chi connectivity index (χ3v) is 2.36. The van der Waals surface area contributed by atoms with Crippen molar-refractivity contribution >= 4 is 5.82 Å². The fraction of sp³-hybridized carbons (Fsp3) is 0.200. The molecule has 0 amide bonds. The topological polar surface area (TPSA) is 60.1 Å². The molecule has 0 fully saturated rings. The molecule has 5 nitrogen and oxygen atoms in total. The zero-order valence-electron chi connectivity index (χ0n) is 9.77. The van der Waals surface area contributed by atoms with Crippen LogP contribution in [0.5, 0.6) is 0 Å². The Labute approximate surface area is 112 Å². The first-order chi connectivity index (χ1) is 9.63. The van der Waals surface area contributed by atoms with Crippen LogP contribution in [0, 0.1) is 4.91 Å². The SMILES string of the molecule is O=Nc1ccc(-n2nc(C(F)(F)F)cc2C(F)(F)F)cn1. The molecule has 11 heteroatoms. The molecule has 21 heavy (non-hydrogen) atoms. The van der Waals surface area contributed by atoms with E-state index >= 15 is 0 Å². The number of hydrogen-bond acceptors (Lipinski definition) is 4. The van der Waals surface area contributed by atoms with Gasteiger partial charge in [0, 0.05) is 6.07 Å². The molecule has 0 saturated carbocycles. The fourth-order valence-electron chi connectivity index (χ4n) is 1.48. The zero-order valence-corrected chi connectivity index (χ0v) is 9.77. The highest BCUT2D eigenvalue weighted by molar-refractivity contribution is 5.38. The lowest BCUT2D eigenvalue weighted by atomic mass is 10.3. The van der Waals surface area contributed by atoms with Crippen molar-refractivity contribution in [2.45, 2.75) is 12.4 Å². The average molecular weight is 310 g/mol. The van der Waals surface area contributed by atoms with Crippen LogP contribution in [0.25, 0.3) is 5.69 Å². The standard InChI is InChI=1S/C10H4F6N4O/c11-9(12,13)6-3-7(10(14,15)16)20(18-6)5-1-2-8(19-21)17-4-5/h1-4H. The highest BCUT2D eigenvalue weighted by atomic mass is 19.4. The molecule has 2 aromatic heterocycles. The van der Waals surface area contributed by atoms with E-state index in [0.717, 1.165) is 18.3 Å². The van der Waals surface area contributed by atoms with Crippen molar-refractivity contribution in [3.8, 4) is 5.69 Å². The highest BCUT2D eigenvalue weighted by Gasteiger charge is 2.42. The number of halogens is 6. The predicted octanol–water partition coefficient (Wildman–Crippen LogP) is 3.70. The molecule has 112 valence electrons. The summed E-state index contributed by atoms with van der Waals surface area (Å²) in [5.74, 6) is -0.324. The van der Waals surface area contributed by atoms with Gasteiger partial charge in [-0.2, -0.15) is 31.4 Å². The van der Waals surface area contributed by atoms with Crippen molar-refractivity contribution in [1.82, 2.24) is 14.8 Å². The van der Waals surface area contributed by atoms with Crippen LogP contribution in [0.1, 0.15) is 11.4 Å². The van der Waals surface area contributed by atoms with Crippen molar-refractivity contribution in [2.24, 2.45) is 5.18 Å². The van der Waals surface area contributed by atoms with E-state index in [1.54, 1.807) is 0 Å². The van der Waals surface area contributed by atoms with Crippen molar-refractivity contribution in [3.05, 3.63) is 40.7 Å². The van der Waals surface area contributed by atoms with Crippen molar-refractivity contribution in [2.75, 3.05) is 0 Å². The Balaban J connectivity index is 2.60. The van der Waals surface area contributed by atoms with E-state index in [9.17, 15) is 31.2 Å². The van der Waals surface area contributed by atoms with Gasteiger partial charge in [0.05, 0.1) is 11.9 Å². The molecule has 0 aliphatic rings. The molecule has 0 spiro atoms. The summed E-state index contributed by atoms with van der Waals surface area (Å²) >= 11 is 0. The Morgan fingerprint density at radius 1 is 1.05 bits per heavy atom. The van der Waals surface area contributed by atoms with Crippen LogP contribution in [0.3, 0.4) is 0 Å². The first kappa shape index (κ1) is 14.9. The summed E-state index contributed by atoms with van der Waals surface area (Å²) in [4.78, 5) is 13.5. The monoisotopic (exact) mass is 310 g/mol. The van der Waals surface area contributed by atoms with E-state index in [1.807, 2.05) is 0 Å². The van der Waals surface area contributed by atoms with Crippen LogP contribution in [-0.4, -0.2) is 14.8 Å². The molecule has 0 atom stereocenters. The lowest BCUT2D eigenvalue weighted by Crippen LogP contribution is -2.13. The quantitative estimate of drug-likeness (QED) is 0.627. The molecule has 0 saturated heterocycles. The number of alkyl halides is 6. The Hall–Kier alpha value is -2.46. The molecular formula is C10H4F6N4O.